The summed E-state index contributed by atoms with van der Waals surface area (Å²) in [5.74, 6) is 1.11. The van der Waals surface area contributed by atoms with Crippen LogP contribution in [-0.2, 0) is 6.54 Å². The lowest BCUT2D eigenvalue weighted by Gasteiger charge is -2.30. The number of nitrogens with one attached hydrogen (secondary N) is 1. The van der Waals surface area contributed by atoms with Crippen molar-refractivity contribution in [3.8, 4) is 11.5 Å². The van der Waals surface area contributed by atoms with Crippen LogP contribution in [0.25, 0.3) is 0 Å². The molecule has 0 bridgehead atoms. The number of hydrogen-bond donors (Lipinski definition) is 2. The molecule has 1 fully saturated rings. The predicted octanol–water partition coefficient (Wildman–Crippen LogP) is 1.58. The molecule has 1 aromatic carbocycles. The van der Waals surface area contributed by atoms with Crippen molar-refractivity contribution in [3.05, 3.63) is 23.8 Å². The highest BCUT2D eigenvalue weighted by Crippen LogP contribution is 2.23. The Morgan fingerprint density at radius 3 is 3.06 bits per heavy atom. The molecule has 0 saturated carbocycles. The van der Waals surface area contributed by atoms with Gasteiger partial charge in [0.05, 0.1) is 7.11 Å². The summed E-state index contributed by atoms with van der Waals surface area (Å²) in [5.41, 5.74) is 0.891. The first-order valence-electron chi connectivity index (χ1n) is 6.47. The van der Waals surface area contributed by atoms with Crippen LogP contribution in [0.1, 0.15) is 18.4 Å². The van der Waals surface area contributed by atoms with Gasteiger partial charge in [-0.25, -0.2) is 0 Å². The fourth-order valence-electron chi connectivity index (χ4n) is 2.42. The molecule has 100 valence electrons. The molecular formula is C14H22N2O2. The Morgan fingerprint density at radius 1 is 1.50 bits per heavy atom. The first kappa shape index (κ1) is 13.2. The Hall–Kier alpha value is -1.26. The number of likely N-dealkylation sites (tertiary alicyclic amines) is 1. The maximum atomic E-state index is 9.81. The van der Waals surface area contributed by atoms with E-state index in [1.165, 1.54) is 19.4 Å². The maximum Gasteiger partial charge on any atom is 0.120 e. The minimum atomic E-state index is 0.326. The SMILES string of the molecule is COc1ccc(O)c(CNC2CCCN(C)C2)c1. The second-order valence-electron chi connectivity index (χ2n) is 4.98. The summed E-state index contributed by atoms with van der Waals surface area (Å²) >= 11 is 0. The third-order valence-corrected chi connectivity index (χ3v) is 3.49. The van der Waals surface area contributed by atoms with Gasteiger partial charge >= 0.3 is 0 Å². The van der Waals surface area contributed by atoms with E-state index in [4.69, 9.17) is 4.74 Å². The van der Waals surface area contributed by atoms with Crippen molar-refractivity contribution in [1.82, 2.24) is 10.2 Å². The smallest absolute Gasteiger partial charge is 0.120 e. The monoisotopic (exact) mass is 250 g/mol. The Morgan fingerprint density at radius 2 is 2.33 bits per heavy atom. The second kappa shape index (κ2) is 6.07. The van der Waals surface area contributed by atoms with E-state index in [-0.39, 0.29) is 0 Å². The van der Waals surface area contributed by atoms with Gasteiger partial charge < -0.3 is 20.1 Å². The van der Waals surface area contributed by atoms with Crippen molar-refractivity contribution < 1.29 is 9.84 Å². The molecule has 0 aromatic heterocycles. The highest BCUT2D eigenvalue weighted by atomic mass is 16.5. The maximum absolute atomic E-state index is 9.81. The van der Waals surface area contributed by atoms with Crippen molar-refractivity contribution in [1.29, 1.82) is 0 Å². The van der Waals surface area contributed by atoms with Crippen LogP contribution in [0, 0.1) is 0 Å². The minimum absolute atomic E-state index is 0.326. The van der Waals surface area contributed by atoms with Crippen molar-refractivity contribution in [2.45, 2.75) is 25.4 Å². The molecule has 1 saturated heterocycles. The second-order valence-corrected chi connectivity index (χ2v) is 4.98. The molecule has 1 heterocycles. The number of likely N-dealkylation sites (N-methyl/N-ethyl adjacent to an activating group) is 1. The van der Waals surface area contributed by atoms with Gasteiger partial charge in [-0.2, -0.15) is 0 Å². The number of nitrogens with zero attached hydrogens (tertiary/aromatic N) is 1. The third-order valence-electron chi connectivity index (χ3n) is 3.49. The molecule has 0 spiro atoms. The van der Waals surface area contributed by atoms with E-state index in [0.29, 0.717) is 18.3 Å². The van der Waals surface area contributed by atoms with Crippen LogP contribution in [0.2, 0.25) is 0 Å². The van der Waals surface area contributed by atoms with Crippen LogP contribution in [0.4, 0.5) is 0 Å². The predicted molar refractivity (Wildman–Crippen MR) is 72.0 cm³/mol. The molecule has 1 atom stereocenters. The zero-order valence-corrected chi connectivity index (χ0v) is 11.1. The Balaban J connectivity index is 1.92. The highest BCUT2D eigenvalue weighted by Gasteiger charge is 2.16. The molecule has 1 aromatic rings. The number of hydrogen-bond acceptors (Lipinski definition) is 4. The quantitative estimate of drug-likeness (QED) is 0.851. The third kappa shape index (κ3) is 3.37. The van der Waals surface area contributed by atoms with E-state index < -0.39 is 0 Å². The van der Waals surface area contributed by atoms with Crippen LogP contribution >= 0.6 is 0 Å². The lowest BCUT2D eigenvalue weighted by molar-refractivity contribution is 0.226. The van der Waals surface area contributed by atoms with Crippen LogP contribution in [-0.4, -0.2) is 43.3 Å². The van der Waals surface area contributed by atoms with Crippen LogP contribution in [0.5, 0.6) is 11.5 Å². The van der Waals surface area contributed by atoms with E-state index in [0.717, 1.165) is 17.9 Å². The number of ether oxygens (including phenoxy) is 1. The molecule has 0 radical (unpaired) electrons. The normalized spacial score (nSPS) is 20.9. The summed E-state index contributed by atoms with van der Waals surface area (Å²) in [6.07, 6.45) is 2.44. The molecule has 18 heavy (non-hydrogen) atoms. The highest BCUT2D eigenvalue weighted by molar-refractivity contribution is 5.39. The molecule has 4 heteroatoms. The van der Waals surface area contributed by atoms with Gasteiger partial charge in [0.15, 0.2) is 0 Å². The molecule has 1 aliphatic heterocycles. The molecule has 1 unspecified atom stereocenters. The zero-order valence-electron chi connectivity index (χ0n) is 11.1. The van der Waals surface area contributed by atoms with Gasteiger partial charge in [-0.15, -0.1) is 0 Å². The van der Waals surface area contributed by atoms with Crippen LogP contribution in [0.15, 0.2) is 18.2 Å². The van der Waals surface area contributed by atoms with E-state index >= 15 is 0 Å². The molecule has 4 nitrogen and oxygen atoms in total. The Bertz CT molecular complexity index is 395. The summed E-state index contributed by atoms with van der Waals surface area (Å²) in [7, 11) is 3.79. The summed E-state index contributed by atoms with van der Waals surface area (Å²) < 4.78 is 5.17. The van der Waals surface area contributed by atoms with E-state index in [1.807, 2.05) is 6.07 Å². The van der Waals surface area contributed by atoms with Gasteiger partial charge in [-0.1, -0.05) is 0 Å². The van der Waals surface area contributed by atoms with Crippen molar-refractivity contribution in [2.75, 3.05) is 27.2 Å². The summed E-state index contributed by atoms with van der Waals surface area (Å²) in [6, 6.07) is 5.85. The Kier molecular flexibility index (Phi) is 4.44. The van der Waals surface area contributed by atoms with Crippen molar-refractivity contribution in [2.24, 2.45) is 0 Å². The lowest BCUT2D eigenvalue weighted by Crippen LogP contribution is -2.43. The number of aromatic hydroxyl groups is 1. The number of phenols is 1. The van der Waals surface area contributed by atoms with Gasteiger partial charge in [0.25, 0.3) is 0 Å². The van der Waals surface area contributed by atoms with Gasteiger partial charge in [-0.3, -0.25) is 0 Å². The summed E-state index contributed by atoms with van der Waals surface area (Å²) in [4.78, 5) is 2.34. The molecule has 2 N–H and O–H groups in total. The van der Waals surface area contributed by atoms with Gasteiger partial charge in [0.1, 0.15) is 11.5 Å². The topological polar surface area (TPSA) is 44.7 Å². The molecule has 0 aliphatic carbocycles. The van der Waals surface area contributed by atoms with E-state index in [2.05, 4.69) is 17.3 Å². The Labute approximate surface area is 109 Å². The summed E-state index contributed by atoms with van der Waals surface area (Å²) in [5, 5.41) is 13.3. The van der Waals surface area contributed by atoms with Crippen LogP contribution in [0.3, 0.4) is 0 Å². The fourth-order valence-corrected chi connectivity index (χ4v) is 2.42. The first-order valence-corrected chi connectivity index (χ1v) is 6.47. The van der Waals surface area contributed by atoms with Gasteiger partial charge in [-0.05, 0) is 44.6 Å². The lowest BCUT2D eigenvalue weighted by atomic mass is 10.1. The standard InChI is InChI=1S/C14H22N2O2/c1-16-7-3-4-12(10-16)15-9-11-8-13(18-2)5-6-14(11)17/h5-6,8,12,15,17H,3-4,7,9-10H2,1-2H3. The minimum Gasteiger partial charge on any atom is -0.508 e. The largest absolute Gasteiger partial charge is 0.508 e. The number of phenolic OH excluding ortho intramolecular Hbond substituents is 1. The first-order chi connectivity index (χ1) is 8.69. The van der Waals surface area contributed by atoms with Crippen molar-refractivity contribution in [3.63, 3.8) is 0 Å². The van der Waals surface area contributed by atoms with Gasteiger partial charge in [0, 0.05) is 24.7 Å². The summed E-state index contributed by atoms with van der Waals surface area (Å²) in [6.45, 7) is 2.94. The average Bonchev–Trinajstić information content (AvgIpc) is 2.38. The number of piperidine rings is 1. The number of benzene rings is 1. The van der Waals surface area contributed by atoms with E-state index in [9.17, 15) is 5.11 Å². The molecule has 2 rings (SSSR count). The fraction of sp³-hybridized carbons (Fsp3) is 0.571. The van der Waals surface area contributed by atoms with Crippen molar-refractivity contribution >= 4 is 0 Å². The number of methoxy groups -OCH3 is 1. The van der Waals surface area contributed by atoms with Crippen LogP contribution < -0.4 is 10.1 Å². The molecule has 1 aliphatic rings. The van der Waals surface area contributed by atoms with E-state index in [1.54, 1.807) is 19.2 Å². The molecular weight excluding hydrogens is 228 g/mol. The van der Waals surface area contributed by atoms with Gasteiger partial charge in [0.2, 0.25) is 0 Å². The molecule has 0 amide bonds. The zero-order chi connectivity index (χ0) is 13.0. The average molecular weight is 250 g/mol. The number of rotatable bonds is 4.